The maximum Gasteiger partial charge on any atom is 0.306 e. The van der Waals surface area contributed by atoms with Gasteiger partial charge in [-0.15, -0.1) is 0 Å². The van der Waals surface area contributed by atoms with Crippen LogP contribution in [0.5, 0.6) is 5.88 Å². The third kappa shape index (κ3) is 3.74. The summed E-state index contributed by atoms with van der Waals surface area (Å²) in [7, 11) is 0. The van der Waals surface area contributed by atoms with Gasteiger partial charge in [-0.3, -0.25) is 9.78 Å². The molecule has 0 aliphatic heterocycles. The number of rotatable bonds is 5. The average Bonchev–Trinajstić information content (AvgIpc) is 2.39. The van der Waals surface area contributed by atoms with E-state index in [-0.39, 0.29) is 13.0 Å². The summed E-state index contributed by atoms with van der Waals surface area (Å²) in [5.74, 6) is 0.00780. The number of hydrogen-bond donors (Lipinski definition) is 1. The number of ether oxygens (including phenoxy) is 1. The summed E-state index contributed by atoms with van der Waals surface area (Å²) in [6.45, 7) is 1.91. The third-order valence-electron chi connectivity index (χ3n) is 2.34. The number of carboxylic acids is 1. The smallest absolute Gasteiger partial charge is 0.306 e. The summed E-state index contributed by atoms with van der Waals surface area (Å²) < 4.78 is 5.31. The van der Waals surface area contributed by atoms with Crippen molar-refractivity contribution < 1.29 is 14.6 Å². The number of carbonyl (C=O) groups is 1. The van der Waals surface area contributed by atoms with Crippen LogP contribution in [0.2, 0.25) is 0 Å². The molecule has 0 spiro atoms. The van der Waals surface area contributed by atoms with Crippen LogP contribution < -0.4 is 4.74 Å². The molecule has 98 valence electrons. The fourth-order valence-corrected chi connectivity index (χ4v) is 1.49. The lowest BCUT2D eigenvalue weighted by Crippen LogP contribution is -2.06. The van der Waals surface area contributed by atoms with E-state index in [9.17, 15) is 4.79 Å². The Morgan fingerprint density at radius 2 is 2.05 bits per heavy atom. The Morgan fingerprint density at radius 1 is 1.32 bits per heavy atom. The molecule has 0 saturated carbocycles. The highest BCUT2D eigenvalue weighted by molar-refractivity contribution is 5.66. The molecule has 0 amide bonds. The molecule has 6 heteroatoms. The summed E-state index contributed by atoms with van der Waals surface area (Å²) in [5.41, 5.74) is 1.59. The zero-order valence-corrected chi connectivity index (χ0v) is 10.4. The van der Waals surface area contributed by atoms with E-state index in [2.05, 4.69) is 15.0 Å². The second-order valence-electron chi connectivity index (χ2n) is 3.90. The standard InChI is InChI=1S/C13H13N3O3/c1-9-8-11(19-7-4-12(17)18)16-13(15-9)10-2-5-14-6-3-10/h2-3,5-6,8H,4,7H2,1H3,(H,17,18). The highest BCUT2D eigenvalue weighted by Gasteiger charge is 2.06. The molecule has 0 unspecified atom stereocenters. The number of pyridine rings is 1. The molecule has 6 nitrogen and oxygen atoms in total. The van der Waals surface area contributed by atoms with Crippen LogP contribution in [0.4, 0.5) is 0 Å². The number of nitrogens with zero attached hydrogens (tertiary/aromatic N) is 3. The Bertz CT molecular complexity index is 573. The number of hydrogen-bond acceptors (Lipinski definition) is 5. The van der Waals surface area contributed by atoms with E-state index in [1.54, 1.807) is 30.6 Å². The van der Waals surface area contributed by atoms with Crippen LogP contribution in [0, 0.1) is 6.92 Å². The predicted octanol–water partition coefficient (Wildman–Crippen LogP) is 1.70. The van der Waals surface area contributed by atoms with Crippen molar-refractivity contribution in [3.8, 4) is 17.3 Å². The Labute approximate surface area is 110 Å². The van der Waals surface area contributed by atoms with Crippen LogP contribution >= 0.6 is 0 Å². The van der Waals surface area contributed by atoms with Gasteiger partial charge in [0.1, 0.15) is 6.61 Å². The second-order valence-corrected chi connectivity index (χ2v) is 3.90. The minimum absolute atomic E-state index is 0.0619. The van der Waals surface area contributed by atoms with Gasteiger partial charge in [0, 0.05) is 29.7 Å². The molecule has 2 aromatic heterocycles. The van der Waals surface area contributed by atoms with Gasteiger partial charge in [0.05, 0.1) is 6.42 Å². The van der Waals surface area contributed by atoms with Gasteiger partial charge in [-0.25, -0.2) is 4.98 Å². The lowest BCUT2D eigenvalue weighted by molar-refractivity contribution is -0.137. The number of aryl methyl sites for hydroxylation is 1. The summed E-state index contributed by atoms with van der Waals surface area (Å²) in [5, 5.41) is 8.56. The molecule has 0 radical (unpaired) electrons. The molecule has 0 bridgehead atoms. The zero-order valence-electron chi connectivity index (χ0n) is 10.4. The molecule has 0 aromatic carbocycles. The molecule has 2 rings (SSSR count). The van der Waals surface area contributed by atoms with Crippen LogP contribution in [-0.4, -0.2) is 32.6 Å². The molecule has 1 N–H and O–H groups in total. The van der Waals surface area contributed by atoms with Crippen molar-refractivity contribution in [2.24, 2.45) is 0 Å². The summed E-state index contributed by atoms with van der Waals surface area (Å²) >= 11 is 0. The van der Waals surface area contributed by atoms with Gasteiger partial charge in [0.25, 0.3) is 0 Å². The largest absolute Gasteiger partial charge is 0.481 e. The minimum atomic E-state index is -0.903. The number of carboxylic acid groups (broad SMARTS) is 1. The third-order valence-corrected chi connectivity index (χ3v) is 2.34. The van der Waals surface area contributed by atoms with Gasteiger partial charge in [0.2, 0.25) is 5.88 Å². The first-order valence-corrected chi connectivity index (χ1v) is 5.76. The van der Waals surface area contributed by atoms with Crippen molar-refractivity contribution in [2.45, 2.75) is 13.3 Å². The molecule has 2 aromatic rings. The molecule has 2 heterocycles. The fraction of sp³-hybridized carbons (Fsp3) is 0.231. The van der Waals surface area contributed by atoms with Gasteiger partial charge >= 0.3 is 5.97 Å². The first-order valence-electron chi connectivity index (χ1n) is 5.76. The maximum absolute atomic E-state index is 10.4. The van der Waals surface area contributed by atoms with Crippen molar-refractivity contribution in [1.82, 2.24) is 15.0 Å². The normalized spacial score (nSPS) is 10.2. The number of aliphatic carboxylic acids is 1. The molecule has 0 atom stereocenters. The Kier molecular flexibility index (Phi) is 4.02. The molecule has 0 aliphatic carbocycles. The van der Waals surface area contributed by atoms with E-state index < -0.39 is 5.97 Å². The van der Waals surface area contributed by atoms with Gasteiger partial charge in [0.15, 0.2) is 5.82 Å². The summed E-state index contributed by atoms with van der Waals surface area (Å²) in [6.07, 6.45) is 3.26. The van der Waals surface area contributed by atoms with E-state index in [1.165, 1.54) is 0 Å². The molecule has 0 fully saturated rings. The highest BCUT2D eigenvalue weighted by Crippen LogP contribution is 2.18. The molecular formula is C13H13N3O3. The summed E-state index contributed by atoms with van der Waals surface area (Å²) in [4.78, 5) is 22.9. The van der Waals surface area contributed by atoms with Gasteiger partial charge in [-0.2, -0.15) is 4.98 Å². The number of aromatic nitrogens is 3. The lowest BCUT2D eigenvalue weighted by atomic mass is 10.2. The molecule has 0 saturated heterocycles. The molecule has 19 heavy (non-hydrogen) atoms. The van der Waals surface area contributed by atoms with Crippen molar-refractivity contribution in [3.63, 3.8) is 0 Å². The van der Waals surface area contributed by atoms with E-state index in [4.69, 9.17) is 9.84 Å². The van der Waals surface area contributed by atoms with Gasteiger partial charge in [-0.05, 0) is 19.1 Å². The highest BCUT2D eigenvalue weighted by atomic mass is 16.5. The van der Waals surface area contributed by atoms with Crippen LogP contribution in [0.3, 0.4) is 0 Å². The Hall–Kier alpha value is -2.50. The average molecular weight is 259 g/mol. The minimum Gasteiger partial charge on any atom is -0.481 e. The molecule has 0 aliphatic rings. The van der Waals surface area contributed by atoms with Crippen molar-refractivity contribution in [2.75, 3.05) is 6.61 Å². The van der Waals surface area contributed by atoms with E-state index in [0.29, 0.717) is 11.7 Å². The SMILES string of the molecule is Cc1cc(OCCC(=O)O)nc(-c2ccncc2)n1. The van der Waals surface area contributed by atoms with Crippen molar-refractivity contribution >= 4 is 5.97 Å². The van der Waals surface area contributed by atoms with Gasteiger partial charge in [-0.1, -0.05) is 0 Å². The van der Waals surface area contributed by atoms with E-state index in [0.717, 1.165) is 11.3 Å². The quantitative estimate of drug-likeness (QED) is 0.879. The van der Waals surface area contributed by atoms with Crippen LogP contribution in [0.25, 0.3) is 11.4 Å². The lowest BCUT2D eigenvalue weighted by Gasteiger charge is -2.07. The fourth-order valence-electron chi connectivity index (χ4n) is 1.49. The van der Waals surface area contributed by atoms with E-state index >= 15 is 0 Å². The Morgan fingerprint density at radius 3 is 2.74 bits per heavy atom. The monoisotopic (exact) mass is 259 g/mol. The zero-order chi connectivity index (χ0) is 13.7. The second kappa shape index (κ2) is 5.90. The summed E-state index contributed by atoms with van der Waals surface area (Å²) in [6, 6.07) is 5.28. The van der Waals surface area contributed by atoms with Crippen LogP contribution in [0.1, 0.15) is 12.1 Å². The molecular weight excluding hydrogens is 246 g/mol. The van der Waals surface area contributed by atoms with Crippen LogP contribution in [0.15, 0.2) is 30.6 Å². The Balaban J connectivity index is 2.18. The van der Waals surface area contributed by atoms with Gasteiger partial charge < -0.3 is 9.84 Å². The van der Waals surface area contributed by atoms with Crippen LogP contribution in [-0.2, 0) is 4.79 Å². The maximum atomic E-state index is 10.4. The first-order chi connectivity index (χ1) is 9.15. The predicted molar refractivity (Wildman–Crippen MR) is 67.7 cm³/mol. The van der Waals surface area contributed by atoms with Crippen molar-refractivity contribution in [1.29, 1.82) is 0 Å². The first kappa shape index (κ1) is 12.9. The topological polar surface area (TPSA) is 85.2 Å². The van der Waals surface area contributed by atoms with Crippen molar-refractivity contribution in [3.05, 3.63) is 36.3 Å². The van der Waals surface area contributed by atoms with E-state index in [1.807, 2.05) is 6.92 Å².